The fraction of sp³-hybridized carbons (Fsp3) is 0.333. The van der Waals surface area contributed by atoms with Crippen molar-refractivity contribution in [1.82, 2.24) is 0 Å². The average Bonchev–Trinajstić information content (AvgIpc) is 1.30. The van der Waals surface area contributed by atoms with Gasteiger partial charge in [0.1, 0.15) is 0 Å². The van der Waals surface area contributed by atoms with Crippen molar-refractivity contribution >= 4 is 20.0 Å². The van der Waals surface area contributed by atoms with Crippen LogP contribution in [0.3, 0.4) is 0 Å². The lowest BCUT2D eigenvalue weighted by Crippen LogP contribution is -1.84. The van der Waals surface area contributed by atoms with Crippen molar-refractivity contribution in [2.45, 2.75) is 6.92 Å². The zero-order chi connectivity index (χ0) is 5.91. The van der Waals surface area contributed by atoms with Gasteiger partial charge >= 0.3 is 0 Å². The van der Waals surface area contributed by atoms with Crippen LogP contribution in [0.2, 0.25) is 0 Å². The molecular formula is C3H6O2S2. The summed E-state index contributed by atoms with van der Waals surface area (Å²) >= 11 is 4.08. The average molecular weight is 138 g/mol. The van der Waals surface area contributed by atoms with Gasteiger partial charge in [-0.1, -0.05) is 6.08 Å². The molecule has 0 rings (SSSR count). The first-order valence-corrected chi connectivity index (χ1v) is 4.17. The van der Waals surface area contributed by atoms with Crippen molar-refractivity contribution < 1.29 is 8.76 Å². The van der Waals surface area contributed by atoms with Crippen LogP contribution in [0.15, 0.2) is 11.5 Å². The van der Waals surface area contributed by atoms with E-state index in [0.29, 0.717) is 0 Å². The summed E-state index contributed by atoms with van der Waals surface area (Å²) < 4.78 is 18.3. The Morgan fingerprint density at radius 1 is 1.86 bits per heavy atom. The first kappa shape index (κ1) is 7.07. The molecule has 0 saturated carbocycles. The summed E-state index contributed by atoms with van der Waals surface area (Å²) in [5.41, 5.74) is 0. The van der Waals surface area contributed by atoms with E-state index >= 15 is 0 Å². The normalized spacial score (nSPS) is 19.7. The molecule has 1 atom stereocenters. The molecule has 7 heavy (non-hydrogen) atoms. The van der Waals surface area contributed by atoms with Crippen LogP contribution >= 0.6 is 0 Å². The third-order valence-corrected chi connectivity index (χ3v) is 1.26. The third kappa shape index (κ3) is 6.07. The predicted octanol–water partition coefficient (Wildman–Crippen LogP) is 0.739. The molecule has 4 heteroatoms. The van der Waals surface area contributed by atoms with Crippen LogP contribution in [0.5, 0.6) is 0 Å². The van der Waals surface area contributed by atoms with Crippen LogP contribution in [0.4, 0.5) is 0 Å². The van der Waals surface area contributed by atoms with Crippen molar-refractivity contribution in [3.8, 4) is 0 Å². The minimum atomic E-state index is -3.02. The van der Waals surface area contributed by atoms with Gasteiger partial charge in [-0.2, -0.15) is 0 Å². The molecular weight excluding hydrogens is 132 g/mol. The summed E-state index contributed by atoms with van der Waals surface area (Å²) in [6.45, 7) is 1.64. The van der Waals surface area contributed by atoms with E-state index in [2.05, 4.69) is 11.2 Å². The van der Waals surface area contributed by atoms with Crippen LogP contribution in [-0.4, -0.2) is 8.76 Å². The van der Waals surface area contributed by atoms with Gasteiger partial charge in [0.2, 0.25) is 0 Å². The molecule has 0 amide bonds. The molecule has 0 bridgehead atoms. The van der Waals surface area contributed by atoms with Gasteiger partial charge in [-0.25, -0.2) is 4.21 Å². The Labute approximate surface area is 47.7 Å². The van der Waals surface area contributed by atoms with Gasteiger partial charge in [0.15, 0.2) is 8.77 Å². The molecule has 0 radical (unpaired) electrons. The lowest BCUT2D eigenvalue weighted by atomic mass is 10.8. The minimum absolute atomic E-state index is 1.09. The molecule has 0 aliphatic rings. The topological polar surface area (TPSA) is 37.3 Å². The van der Waals surface area contributed by atoms with E-state index in [9.17, 15) is 4.21 Å². The largest absolute Gasteiger partial charge is 0.302 e. The van der Waals surface area contributed by atoms with E-state index in [0.717, 1.165) is 5.41 Å². The quantitative estimate of drug-likeness (QED) is 0.580. The Bertz CT molecular complexity index is 154. The molecule has 0 fully saturated rings. The Morgan fingerprint density at radius 2 is 2.29 bits per heavy atom. The van der Waals surface area contributed by atoms with Crippen LogP contribution in [0.1, 0.15) is 6.92 Å². The molecule has 0 aromatic heterocycles. The SMILES string of the molecule is C/C=C/S(=O)(O)=S. The maximum atomic E-state index is 10.1. The molecule has 0 aromatic carbocycles. The van der Waals surface area contributed by atoms with Gasteiger partial charge in [-0.05, 0) is 6.92 Å². The zero-order valence-corrected chi connectivity index (χ0v) is 5.46. The lowest BCUT2D eigenvalue weighted by molar-refractivity contribution is 0.571. The van der Waals surface area contributed by atoms with Crippen molar-refractivity contribution in [3.63, 3.8) is 0 Å². The molecule has 0 spiro atoms. The van der Waals surface area contributed by atoms with Gasteiger partial charge in [0.05, 0.1) is 0 Å². The Morgan fingerprint density at radius 3 is 2.29 bits per heavy atom. The van der Waals surface area contributed by atoms with E-state index in [4.69, 9.17) is 4.55 Å². The van der Waals surface area contributed by atoms with Crippen molar-refractivity contribution in [1.29, 1.82) is 0 Å². The van der Waals surface area contributed by atoms with Gasteiger partial charge in [0.25, 0.3) is 0 Å². The number of hydrogen-bond donors (Lipinski definition) is 1. The summed E-state index contributed by atoms with van der Waals surface area (Å²) in [5, 5.41) is 1.09. The van der Waals surface area contributed by atoms with E-state index in [-0.39, 0.29) is 0 Å². The van der Waals surface area contributed by atoms with Gasteiger partial charge in [-0.15, -0.1) is 0 Å². The van der Waals surface area contributed by atoms with E-state index < -0.39 is 8.77 Å². The van der Waals surface area contributed by atoms with Crippen molar-refractivity contribution in [2.75, 3.05) is 0 Å². The number of allylic oxidation sites excluding steroid dienone is 1. The van der Waals surface area contributed by atoms with Crippen LogP contribution < -0.4 is 0 Å². The molecule has 0 saturated heterocycles. The van der Waals surface area contributed by atoms with Crippen molar-refractivity contribution in [2.24, 2.45) is 0 Å². The van der Waals surface area contributed by atoms with E-state index in [1.54, 1.807) is 6.92 Å². The van der Waals surface area contributed by atoms with Crippen LogP contribution in [0, 0.1) is 0 Å². The molecule has 1 unspecified atom stereocenters. The minimum Gasteiger partial charge on any atom is -0.302 e. The second-order valence-corrected chi connectivity index (χ2v) is 3.72. The summed E-state index contributed by atoms with van der Waals surface area (Å²) in [6.07, 6.45) is 1.45. The first-order valence-electron chi connectivity index (χ1n) is 1.66. The highest BCUT2D eigenvalue weighted by Gasteiger charge is 1.84. The standard InChI is InChI=1S/C3H6O2S2/c1-2-3-7(4,5)6/h2-3H,1H3,(H,4,5,6)/b3-2+. The van der Waals surface area contributed by atoms with E-state index in [1.807, 2.05) is 0 Å². The summed E-state index contributed by atoms with van der Waals surface area (Å²) in [6, 6.07) is 0. The highest BCUT2D eigenvalue weighted by atomic mass is 32.8. The zero-order valence-electron chi connectivity index (χ0n) is 3.83. The van der Waals surface area contributed by atoms with Gasteiger partial charge in [0, 0.05) is 16.6 Å². The molecule has 0 aromatic rings. The number of hydrogen-bond acceptors (Lipinski definition) is 2. The maximum absolute atomic E-state index is 10.1. The Balaban J connectivity index is 4.13. The molecule has 2 nitrogen and oxygen atoms in total. The highest BCUT2D eigenvalue weighted by Crippen LogP contribution is 1.82. The molecule has 1 N–H and O–H groups in total. The number of rotatable bonds is 1. The smallest absolute Gasteiger partial charge is 0.163 e. The highest BCUT2D eigenvalue weighted by molar-refractivity contribution is 8.31. The molecule has 0 aliphatic heterocycles. The Kier molecular flexibility index (Phi) is 2.42. The maximum Gasteiger partial charge on any atom is 0.163 e. The molecule has 0 heterocycles. The van der Waals surface area contributed by atoms with Crippen LogP contribution in [-0.2, 0) is 20.0 Å². The van der Waals surface area contributed by atoms with Crippen LogP contribution in [0.25, 0.3) is 0 Å². The molecule has 42 valence electrons. The fourth-order valence-electron chi connectivity index (χ4n) is 0.172. The summed E-state index contributed by atoms with van der Waals surface area (Å²) in [4.78, 5) is 0. The first-order chi connectivity index (χ1) is 3.06. The molecule has 0 aliphatic carbocycles. The second kappa shape index (κ2) is 2.40. The monoisotopic (exact) mass is 138 g/mol. The van der Waals surface area contributed by atoms with Crippen molar-refractivity contribution in [3.05, 3.63) is 11.5 Å². The summed E-state index contributed by atoms with van der Waals surface area (Å²) in [7, 11) is -3.02. The fourth-order valence-corrected chi connectivity index (χ4v) is 0.849. The lowest BCUT2D eigenvalue weighted by Gasteiger charge is -1.80. The van der Waals surface area contributed by atoms with Gasteiger partial charge in [-0.3, -0.25) is 0 Å². The Hall–Kier alpha value is 0.0700. The van der Waals surface area contributed by atoms with E-state index in [1.165, 1.54) is 6.08 Å². The predicted molar refractivity (Wildman–Crippen MR) is 33.0 cm³/mol. The van der Waals surface area contributed by atoms with Gasteiger partial charge < -0.3 is 4.55 Å². The third-order valence-electron chi connectivity index (χ3n) is 0.308. The second-order valence-electron chi connectivity index (χ2n) is 0.984. The summed E-state index contributed by atoms with van der Waals surface area (Å²) in [5.74, 6) is 0.